The Morgan fingerprint density at radius 2 is 1.77 bits per heavy atom. The first kappa shape index (κ1) is 20.2. The number of benzene rings is 2. The molecule has 5 nitrogen and oxygen atoms in total. The monoisotopic (exact) mass is 429 g/mol. The van der Waals surface area contributed by atoms with E-state index in [0.29, 0.717) is 42.0 Å². The number of rotatable bonds is 2. The largest absolute Gasteiger partial charge is 0.334 e. The van der Waals surface area contributed by atoms with Gasteiger partial charge in [-0.15, -0.1) is 0 Å². The Balaban J connectivity index is 1.44. The number of amides is 2. The van der Waals surface area contributed by atoms with Gasteiger partial charge >= 0.3 is 11.8 Å². The van der Waals surface area contributed by atoms with Gasteiger partial charge in [-0.1, -0.05) is 11.6 Å². The highest BCUT2D eigenvalue weighted by Gasteiger charge is 2.28. The van der Waals surface area contributed by atoms with E-state index in [1.165, 1.54) is 17.2 Å². The van der Waals surface area contributed by atoms with Crippen LogP contribution in [0.5, 0.6) is 0 Å². The maximum absolute atomic E-state index is 14.0. The molecule has 3 aromatic rings. The summed E-state index contributed by atoms with van der Waals surface area (Å²) < 4.78 is 27.8. The Hall–Kier alpha value is -3.06. The quantitative estimate of drug-likeness (QED) is 0.609. The van der Waals surface area contributed by atoms with Crippen LogP contribution < -0.4 is 5.32 Å². The molecule has 1 aromatic heterocycles. The number of hydrogen-bond acceptors (Lipinski definition) is 3. The normalized spacial score (nSPS) is 14.7. The highest BCUT2D eigenvalue weighted by molar-refractivity contribution is 6.39. The zero-order chi connectivity index (χ0) is 21.3. The summed E-state index contributed by atoms with van der Waals surface area (Å²) in [6.07, 6.45) is 2.67. The first-order valence-electron chi connectivity index (χ1n) is 9.52. The lowest BCUT2D eigenvalue weighted by molar-refractivity contribution is -0.143. The summed E-state index contributed by atoms with van der Waals surface area (Å²) in [6.45, 7) is 0.748. The summed E-state index contributed by atoms with van der Waals surface area (Å²) in [7, 11) is 0. The number of nitrogens with zero attached hydrogens (tertiary/aromatic N) is 2. The van der Waals surface area contributed by atoms with Crippen LogP contribution in [-0.2, 0) is 9.59 Å². The zero-order valence-electron chi connectivity index (χ0n) is 15.9. The van der Waals surface area contributed by atoms with Crippen LogP contribution in [0.3, 0.4) is 0 Å². The van der Waals surface area contributed by atoms with E-state index >= 15 is 0 Å². The molecule has 0 atom stereocenters. The number of nitrogens with one attached hydrogen (secondary N) is 1. The third-order valence-electron chi connectivity index (χ3n) is 5.32. The molecule has 0 aliphatic carbocycles. The maximum atomic E-state index is 14.0. The smallest absolute Gasteiger partial charge is 0.313 e. The summed E-state index contributed by atoms with van der Waals surface area (Å²) in [5, 5.41) is 3.54. The highest BCUT2D eigenvalue weighted by Crippen LogP contribution is 2.33. The van der Waals surface area contributed by atoms with Crippen LogP contribution in [0.1, 0.15) is 24.3 Å². The zero-order valence-corrected chi connectivity index (χ0v) is 16.6. The molecule has 30 heavy (non-hydrogen) atoms. The predicted molar refractivity (Wildman–Crippen MR) is 110 cm³/mol. The van der Waals surface area contributed by atoms with E-state index in [1.807, 2.05) is 0 Å². The summed E-state index contributed by atoms with van der Waals surface area (Å²) in [6, 6.07) is 10.4. The topological polar surface area (TPSA) is 62.3 Å². The van der Waals surface area contributed by atoms with Gasteiger partial charge in [0.25, 0.3) is 0 Å². The Bertz CT molecular complexity index is 1110. The Morgan fingerprint density at radius 1 is 1.07 bits per heavy atom. The van der Waals surface area contributed by atoms with Gasteiger partial charge in [-0.25, -0.2) is 8.78 Å². The molecule has 1 aliphatic heterocycles. The lowest BCUT2D eigenvalue weighted by Gasteiger charge is -2.32. The fourth-order valence-corrected chi connectivity index (χ4v) is 3.94. The van der Waals surface area contributed by atoms with Crippen LogP contribution in [0.2, 0.25) is 5.02 Å². The molecule has 2 amide bonds. The van der Waals surface area contributed by atoms with E-state index in [-0.39, 0.29) is 11.4 Å². The third kappa shape index (κ3) is 4.11. The number of carbonyl (C=O) groups is 2. The predicted octanol–water partition coefficient (Wildman–Crippen LogP) is 4.51. The molecule has 4 rings (SSSR count). The van der Waals surface area contributed by atoms with Crippen molar-refractivity contribution in [2.45, 2.75) is 18.8 Å². The number of aromatic nitrogens is 1. The Morgan fingerprint density at radius 3 is 2.47 bits per heavy atom. The Labute approximate surface area is 176 Å². The average molecular weight is 430 g/mol. The fourth-order valence-electron chi connectivity index (χ4n) is 3.81. The van der Waals surface area contributed by atoms with E-state index in [4.69, 9.17) is 11.6 Å². The molecule has 0 spiro atoms. The van der Waals surface area contributed by atoms with Crippen molar-refractivity contribution >= 4 is 40.0 Å². The third-order valence-corrected chi connectivity index (χ3v) is 5.57. The minimum Gasteiger partial charge on any atom is -0.334 e. The van der Waals surface area contributed by atoms with Crippen molar-refractivity contribution in [3.05, 3.63) is 70.9 Å². The standard InChI is InChI=1S/C22H18ClF2N3O2/c23-14-1-3-16(4-2-14)27-21(29)22(30)28-9-6-13(7-10-28)17-5-8-26-20-18(17)11-15(24)12-19(20)25/h1-5,8,11-13H,6-7,9-10H2,(H,27,29). The molecule has 2 heterocycles. The second kappa shape index (κ2) is 8.36. The van der Waals surface area contributed by atoms with Gasteiger partial charge in [0.15, 0.2) is 5.82 Å². The van der Waals surface area contributed by atoms with Crippen molar-refractivity contribution in [3.63, 3.8) is 0 Å². The van der Waals surface area contributed by atoms with Crippen molar-refractivity contribution in [2.75, 3.05) is 18.4 Å². The molecule has 0 radical (unpaired) electrons. The SMILES string of the molecule is O=C(Nc1ccc(Cl)cc1)C(=O)N1CCC(c2ccnc3c(F)cc(F)cc23)CC1. The Kier molecular flexibility index (Phi) is 5.63. The van der Waals surface area contributed by atoms with Crippen LogP contribution in [0.25, 0.3) is 10.9 Å². The second-order valence-electron chi connectivity index (χ2n) is 7.21. The van der Waals surface area contributed by atoms with Crippen molar-refractivity contribution in [1.82, 2.24) is 9.88 Å². The van der Waals surface area contributed by atoms with E-state index in [9.17, 15) is 18.4 Å². The molecular formula is C22H18ClF2N3O2. The molecule has 154 valence electrons. The number of anilines is 1. The maximum Gasteiger partial charge on any atom is 0.313 e. The van der Waals surface area contributed by atoms with Gasteiger partial charge < -0.3 is 10.2 Å². The van der Waals surface area contributed by atoms with Gasteiger partial charge in [-0.05, 0) is 60.7 Å². The number of carbonyl (C=O) groups excluding carboxylic acids is 2. The molecule has 0 unspecified atom stereocenters. The van der Waals surface area contributed by atoms with Crippen LogP contribution in [0.4, 0.5) is 14.5 Å². The van der Waals surface area contributed by atoms with Crippen LogP contribution >= 0.6 is 11.6 Å². The molecule has 1 fully saturated rings. The van der Waals surface area contributed by atoms with Gasteiger partial charge in [-0.2, -0.15) is 0 Å². The van der Waals surface area contributed by atoms with Crippen molar-refractivity contribution < 1.29 is 18.4 Å². The van der Waals surface area contributed by atoms with Crippen molar-refractivity contribution in [2.24, 2.45) is 0 Å². The van der Waals surface area contributed by atoms with Gasteiger partial charge in [0.05, 0.1) is 0 Å². The molecule has 8 heteroatoms. The van der Waals surface area contributed by atoms with E-state index in [2.05, 4.69) is 10.3 Å². The van der Waals surface area contributed by atoms with Gasteiger partial charge in [0.1, 0.15) is 11.3 Å². The molecule has 2 aromatic carbocycles. The van der Waals surface area contributed by atoms with E-state index in [1.54, 1.807) is 30.3 Å². The summed E-state index contributed by atoms with van der Waals surface area (Å²) in [5.74, 6) is -2.66. The number of halogens is 3. The first-order chi connectivity index (χ1) is 14.4. The number of pyridine rings is 1. The van der Waals surface area contributed by atoms with Gasteiger partial charge in [0.2, 0.25) is 0 Å². The molecule has 0 saturated carbocycles. The molecule has 0 bridgehead atoms. The number of fused-ring (bicyclic) bond motifs is 1. The van der Waals surface area contributed by atoms with Gasteiger partial charge in [-0.3, -0.25) is 14.6 Å². The lowest BCUT2D eigenvalue weighted by atomic mass is 9.87. The first-order valence-corrected chi connectivity index (χ1v) is 9.89. The van der Waals surface area contributed by atoms with Crippen LogP contribution in [0.15, 0.2) is 48.7 Å². The number of piperidine rings is 1. The van der Waals surface area contributed by atoms with Gasteiger partial charge in [0, 0.05) is 41.4 Å². The molecule has 1 N–H and O–H groups in total. The minimum atomic E-state index is -0.714. The van der Waals surface area contributed by atoms with Crippen molar-refractivity contribution in [1.29, 1.82) is 0 Å². The lowest BCUT2D eigenvalue weighted by Crippen LogP contribution is -2.43. The molecular weight excluding hydrogens is 412 g/mol. The van der Waals surface area contributed by atoms with Crippen LogP contribution in [0, 0.1) is 11.6 Å². The number of likely N-dealkylation sites (tertiary alicyclic amines) is 1. The average Bonchev–Trinajstić information content (AvgIpc) is 2.74. The second-order valence-corrected chi connectivity index (χ2v) is 7.65. The van der Waals surface area contributed by atoms with E-state index in [0.717, 1.165) is 11.6 Å². The van der Waals surface area contributed by atoms with E-state index < -0.39 is 23.4 Å². The highest BCUT2D eigenvalue weighted by atomic mass is 35.5. The number of hydrogen-bond donors (Lipinski definition) is 1. The molecule has 1 saturated heterocycles. The van der Waals surface area contributed by atoms with Crippen LogP contribution in [-0.4, -0.2) is 34.8 Å². The van der Waals surface area contributed by atoms with Crippen molar-refractivity contribution in [3.8, 4) is 0 Å². The summed E-state index contributed by atoms with van der Waals surface area (Å²) >= 11 is 5.82. The summed E-state index contributed by atoms with van der Waals surface area (Å²) in [4.78, 5) is 30.3. The minimum absolute atomic E-state index is 0.0140. The fraction of sp³-hybridized carbons (Fsp3) is 0.227. The molecule has 1 aliphatic rings. The summed E-state index contributed by atoms with van der Waals surface area (Å²) in [5.41, 5.74) is 1.42.